The molecule has 0 fully saturated rings. The highest BCUT2D eigenvalue weighted by Crippen LogP contribution is 2.21. The van der Waals surface area contributed by atoms with Crippen LogP contribution in [0.3, 0.4) is 0 Å². The molecule has 82 valence electrons. The van der Waals surface area contributed by atoms with Gasteiger partial charge in [-0.3, -0.25) is 0 Å². The van der Waals surface area contributed by atoms with Gasteiger partial charge < -0.3 is 4.74 Å². The number of aromatic nitrogens is 2. The van der Waals surface area contributed by atoms with E-state index in [1.54, 1.807) is 6.20 Å². The summed E-state index contributed by atoms with van der Waals surface area (Å²) in [4.78, 5) is 19.7. The fraction of sp³-hybridized carbons (Fsp3) is 0.500. The molecule has 15 heavy (non-hydrogen) atoms. The summed E-state index contributed by atoms with van der Waals surface area (Å²) in [6.07, 6.45) is 1.57. The average Bonchev–Trinajstić information content (AvgIpc) is 2.15. The Labute approximate surface area is 97.2 Å². The van der Waals surface area contributed by atoms with Gasteiger partial charge in [0.05, 0.1) is 11.6 Å². The van der Waals surface area contributed by atoms with Crippen LogP contribution >= 0.6 is 15.9 Å². The van der Waals surface area contributed by atoms with Crippen LogP contribution in [0.1, 0.15) is 37.1 Å². The highest BCUT2D eigenvalue weighted by molar-refractivity contribution is 9.10. The number of hydrogen-bond donors (Lipinski definition) is 0. The molecule has 0 saturated heterocycles. The minimum Gasteiger partial charge on any atom is -0.464 e. The molecular formula is C10H13BrN2O2. The maximum absolute atomic E-state index is 11.4. The van der Waals surface area contributed by atoms with Gasteiger partial charge in [-0.15, -0.1) is 0 Å². The number of methoxy groups -OCH3 is 1. The van der Waals surface area contributed by atoms with Crippen molar-refractivity contribution in [2.24, 2.45) is 0 Å². The minimum absolute atomic E-state index is 0.191. The maximum atomic E-state index is 11.4. The van der Waals surface area contributed by atoms with E-state index in [0.717, 1.165) is 0 Å². The van der Waals surface area contributed by atoms with Crippen molar-refractivity contribution in [1.29, 1.82) is 0 Å². The van der Waals surface area contributed by atoms with Gasteiger partial charge in [-0.2, -0.15) is 0 Å². The lowest BCUT2D eigenvalue weighted by Crippen LogP contribution is -2.19. The average molecular weight is 273 g/mol. The van der Waals surface area contributed by atoms with E-state index in [2.05, 4.69) is 30.6 Å². The third-order valence-corrected chi connectivity index (χ3v) is 2.37. The molecule has 0 spiro atoms. The molecule has 0 aliphatic heterocycles. The molecule has 4 nitrogen and oxygen atoms in total. The molecule has 0 aromatic carbocycles. The zero-order valence-electron chi connectivity index (χ0n) is 9.17. The third kappa shape index (κ3) is 2.75. The van der Waals surface area contributed by atoms with Crippen LogP contribution in [0.2, 0.25) is 0 Å². The van der Waals surface area contributed by atoms with Crippen molar-refractivity contribution in [3.8, 4) is 0 Å². The summed E-state index contributed by atoms with van der Waals surface area (Å²) in [6.45, 7) is 5.95. The van der Waals surface area contributed by atoms with Crippen LogP contribution in [0.4, 0.5) is 0 Å². The van der Waals surface area contributed by atoms with Gasteiger partial charge >= 0.3 is 5.97 Å². The Morgan fingerprint density at radius 3 is 2.53 bits per heavy atom. The van der Waals surface area contributed by atoms with Crippen LogP contribution in [0.5, 0.6) is 0 Å². The number of rotatable bonds is 1. The van der Waals surface area contributed by atoms with E-state index in [1.807, 2.05) is 20.8 Å². The van der Waals surface area contributed by atoms with Crippen molar-refractivity contribution < 1.29 is 9.53 Å². The highest BCUT2D eigenvalue weighted by atomic mass is 79.9. The molecule has 1 rings (SSSR count). The first kappa shape index (κ1) is 12.1. The highest BCUT2D eigenvalue weighted by Gasteiger charge is 2.21. The van der Waals surface area contributed by atoms with Gasteiger partial charge in [0.2, 0.25) is 0 Å². The minimum atomic E-state index is -0.463. The number of carbonyl (C=O) groups is 1. The number of hydrogen-bond acceptors (Lipinski definition) is 4. The van der Waals surface area contributed by atoms with Crippen LogP contribution in [0.25, 0.3) is 0 Å². The fourth-order valence-electron chi connectivity index (χ4n) is 0.968. The molecule has 1 aromatic rings. The van der Waals surface area contributed by atoms with Crippen molar-refractivity contribution in [2.45, 2.75) is 26.2 Å². The number of nitrogens with zero attached hydrogens (tertiary/aromatic N) is 2. The monoisotopic (exact) mass is 272 g/mol. The van der Waals surface area contributed by atoms with Gasteiger partial charge in [-0.1, -0.05) is 20.8 Å². The zero-order chi connectivity index (χ0) is 11.6. The second kappa shape index (κ2) is 4.26. The Kier molecular flexibility index (Phi) is 3.44. The van der Waals surface area contributed by atoms with Gasteiger partial charge in [0.25, 0.3) is 0 Å². The van der Waals surface area contributed by atoms with Crippen LogP contribution < -0.4 is 0 Å². The second-order valence-electron chi connectivity index (χ2n) is 4.13. The standard InChI is InChI=1S/C10H13BrN2O2/c1-10(2,3)9-12-5-6(11)7(13-9)8(14)15-4/h5H,1-4H3. The molecule has 1 heterocycles. The van der Waals surface area contributed by atoms with E-state index < -0.39 is 5.97 Å². The quantitative estimate of drug-likeness (QED) is 0.737. The number of ether oxygens (including phenoxy) is 1. The summed E-state index contributed by atoms with van der Waals surface area (Å²) in [7, 11) is 1.33. The molecule has 0 bridgehead atoms. The smallest absolute Gasteiger partial charge is 0.357 e. The van der Waals surface area contributed by atoms with E-state index >= 15 is 0 Å². The molecule has 0 aliphatic carbocycles. The van der Waals surface area contributed by atoms with Crippen LogP contribution in [0, 0.1) is 0 Å². The Morgan fingerprint density at radius 1 is 1.47 bits per heavy atom. The topological polar surface area (TPSA) is 52.1 Å². The molecule has 0 atom stereocenters. The Bertz CT molecular complexity index is 385. The van der Waals surface area contributed by atoms with Crippen LogP contribution in [0.15, 0.2) is 10.7 Å². The molecule has 0 N–H and O–H groups in total. The van der Waals surface area contributed by atoms with E-state index in [1.165, 1.54) is 7.11 Å². The summed E-state index contributed by atoms with van der Waals surface area (Å²) in [6, 6.07) is 0. The normalized spacial score (nSPS) is 11.3. The predicted octanol–water partition coefficient (Wildman–Crippen LogP) is 2.32. The van der Waals surface area contributed by atoms with Crippen molar-refractivity contribution in [2.75, 3.05) is 7.11 Å². The van der Waals surface area contributed by atoms with Gasteiger partial charge in [-0.05, 0) is 15.9 Å². The van der Waals surface area contributed by atoms with E-state index in [9.17, 15) is 4.79 Å². The largest absolute Gasteiger partial charge is 0.464 e. The summed E-state index contributed by atoms with van der Waals surface area (Å²) in [5, 5.41) is 0. The zero-order valence-corrected chi connectivity index (χ0v) is 10.8. The molecule has 1 aromatic heterocycles. The lowest BCUT2D eigenvalue weighted by Gasteiger charge is -2.16. The van der Waals surface area contributed by atoms with Crippen molar-refractivity contribution in [3.63, 3.8) is 0 Å². The molecule has 0 aliphatic rings. The van der Waals surface area contributed by atoms with Gasteiger partial charge in [0, 0.05) is 11.6 Å². The van der Waals surface area contributed by atoms with Crippen molar-refractivity contribution in [1.82, 2.24) is 9.97 Å². The van der Waals surface area contributed by atoms with Gasteiger partial charge in [0.15, 0.2) is 5.69 Å². The number of carbonyl (C=O) groups excluding carboxylic acids is 1. The van der Waals surface area contributed by atoms with Crippen LogP contribution in [-0.2, 0) is 10.2 Å². The molecule has 0 unspecified atom stereocenters. The molecule has 5 heteroatoms. The summed E-state index contributed by atoms with van der Waals surface area (Å²) in [5.41, 5.74) is 0.0705. The SMILES string of the molecule is COC(=O)c1nc(C(C)(C)C)ncc1Br. The van der Waals surface area contributed by atoms with Gasteiger partial charge in [-0.25, -0.2) is 14.8 Å². The van der Waals surface area contributed by atoms with Crippen molar-refractivity contribution >= 4 is 21.9 Å². The first-order valence-corrected chi connectivity index (χ1v) is 5.27. The third-order valence-electron chi connectivity index (χ3n) is 1.79. The Hall–Kier alpha value is -0.970. The molecule has 0 radical (unpaired) electrons. The molecular weight excluding hydrogens is 260 g/mol. The number of halogens is 1. The first-order valence-electron chi connectivity index (χ1n) is 4.47. The summed E-state index contributed by atoms with van der Waals surface area (Å²) < 4.78 is 5.17. The van der Waals surface area contributed by atoms with Crippen molar-refractivity contribution in [3.05, 3.63) is 22.2 Å². The fourth-order valence-corrected chi connectivity index (χ4v) is 1.32. The van der Waals surface area contributed by atoms with E-state index in [0.29, 0.717) is 10.3 Å². The van der Waals surface area contributed by atoms with E-state index in [4.69, 9.17) is 0 Å². The number of esters is 1. The van der Waals surface area contributed by atoms with Crippen LogP contribution in [-0.4, -0.2) is 23.0 Å². The maximum Gasteiger partial charge on any atom is 0.357 e. The first-order chi connectivity index (χ1) is 6.86. The Morgan fingerprint density at radius 2 is 2.07 bits per heavy atom. The molecule has 0 saturated carbocycles. The lowest BCUT2D eigenvalue weighted by atomic mass is 9.96. The summed E-state index contributed by atoms with van der Waals surface area (Å²) >= 11 is 3.21. The summed E-state index contributed by atoms with van der Waals surface area (Å²) in [5.74, 6) is 0.154. The Balaban J connectivity index is 3.23. The second-order valence-corrected chi connectivity index (χ2v) is 4.99. The molecule has 0 amide bonds. The van der Waals surface area contributed by atoms with Gasteiger partial charge in [0.1, 0.15) is 5.82 Å². The van der Waals surface area contributed by atoms with E-state index in [-0.39, 0.29) is 11.1 Å². The predicted molar refractivity (Wildman–Crippen MR) is 59.8 cm³/mol. The lowest BCUT2D eigenvalue weighted by molar-refractivity contribution is 0.0592.